The summed E-state index contributed by atoms with van der Waals surface area (Å²) in [6.07, 6.45) is 4.22. The number of rotatable bonds is 7. The number of para-hydroxylation sites is 1. The zero-order valence-electron chi connectivity index (χ0n) is 21.4. The van der Waals surface area contributed by atoms with Gasteiger partial charge in [0.25, 0.3) is 0 Å². The summed E-state index contributed by atoms with van der Waals surface area (Å²) in [6.45, 7) is 0. The van der Waals surface area contributed by atoms with Crippen molar-refractivity contribution in [1.29, 1.82) is 5.26 Å². The summed E-state index contributed by atoms with van der Waals surface area (Å²) >= 11 is 6.54. The Hall–Kier alpha value is -5.47. The molecule has 42 heavy (non-hydrogen) atoms. The van der Waals surface area contributed by atoms with Gasteiger partial charge in [-0.2, -0.15) is 9.65 Å². The summed E-state index contributed by atoms with van der Waals surface area (Å²) in [5.74, 6) is -2.79. The average Bonchev–Trinajstić information content (AvgIpc) is 3.49. The number of hydrogen-bond acceptors (Lipinski definition) is 7. The van der Waals surface area contributed by atoms with E-state index in [1.807, 2.05) is 30.3 Å². The van der Waals surface area contributed by atoms with Crippen LogP contribution in [0.4, 0.5) is 30.2 Å². The van der Waals surface area contributed by atoms with Gasteiger partial charge in [0, 0.05) is 22.7 Å². The quantitative estimate of drug-likeness (QED) is 0.193. The van der Waals surface area contributed by atoms with E-state index < -0.39 is 23.6 Å². The summed E-state index contributed by atoms with van der Waals surface area (Å²) in [7, 11) is 0. The highest BCUT2D eigenvalue weighted by molar-refractivity contribution is 6.32. The van der Waals surface area contributed by atoms with Crippen molar-refractivity contribution in [1.82, 2.24) is 25.0 Å². The first-order valence-corrected chi connectivity index (χ1v) is 12.9. The Kier molecular flexibility index (Phi) is 7.12. The van der Waals surface area contributed by atoms with E-state index in [0.29, 0.717) is 32.9 Å². The molecular formula is C30H18ClF3N8. The molecule has 0 fully saturated rings. The molecular weight excluding hydrogens is 565 g/mol. The molecule has 0 aliphatic rings. The minimum atomic E-state index is -1.24. The molecule has 3 aromatic carbocycles. The maximum absolute atomic E-state index is 13.9. The SMILES string of the molecule is N#Cc1cnc2c(N[C@@H](c3ccc(F)cc3)c3cn(-c4ccccc4)nn3)cc(Cl)cc2c1Nc1cnc(F)c(F)c1. The zero-order chi connectivity index (χ0) is 29.2. The number of aromatic nitrogens is 5. The van der Waals surface area contributed by atoms with Crippen molar-refractivity contribution in [2.75, 3.05) is 10.6 Å². The molecule has 3 heterocycles. The van der Waals surface area contributed by atoms with Crippen LogP contribution >= 0.6 is 11.6 Å². The standard InChI is InChI=1S/C30H18ClF3N8/c31-19-10-23-27(38-21-12-24(33)30(34)37-15-21)18(13-35)14-36-29(23)25(11-19)39-28(17-6-8-20(32)9-7-17)26-16-42(41-40-26)22-4-2-1-3-5-22/h1-12,14-16,28,39H,(H,36,38)/t28-/m0/s1. The van der Waals surface area contributed by atoms with E-state index in [1.165, 1.54) is 18.3 Å². The number of nitrogens with zero attached hydrogens (tertiary/aromatic N) is 6. The summed E-state index contributed by atoms with van der Waals surface area (Å²) < 4.78 is 42.8. The molecule has 6 rings (SSSR count). The van der Waals surface area contributed by atoms with Crippen molar-refractivity contribution in [2.45, 2.75) is 6.04 Å². The van der Waals surface area contributed by atoms with Crippen molar-refractivity contribution in [3.05, 3.63) is 131 Å². The highest BCUT2D eigenvalue weighted by atomic mass is 35.5. The van der Waals surface area contributed by atoms with Gasteiger partial charge in [0.1, 0.15) is 17.6 Å². The molecule has 3 aromatic heterocycles. The summed E-state index contributed by atoms with van der Waals surface area (Å²) in [4.78, 5) is 7.90. The summed E-state index contributed by atoms with van der Waals surface area (Å²) in [6, 6.07) is 21.0. The molecule has 2 N–H and O–H groups in total. The lowest BCUT2D eigenvalue weighted by molar-refractivity contribution is 0.480. The first-order valence-electron chi connectivity index (χ1n) is 12.5. The Labute approximate surface area is 242 Å². The molecule has 0 unspecified atom stereocenters. The Morgan fingerprint density at radius 2 is 1.71 bits per heavy atom. The van der Waals surface area contributed by atoms with E-state index in [1.54, 1.807) is 35.1 Å². The monoisotopic (exact) mass is 582 g/mol. The lowest BCUT2D eigenvalue weighted by atomic mass is 10.0. The van der Waals surface area contributed by atoms with E-state index in [2.05, 4.69) is 37.0 Å². The van der Waals surface area contributed by atoms with Crippen molar-refractivity contribution in [3.63, 3.8) is 0 Å². The first kappa shape index (κ1) is 26.7. The van der Waals surface area contributed by atoms with Crippen LogP contribution in [0.15, 0.2) is 91.4 Å². The highest BCUT2D eigenvalue weighted by Gasteiger charge is 2.22. The van der Waals surface area contributed by atoms with Crippen molar-refractivity contribution >= 4 is 39.6 Å². The summed E-state index contributed by atoms with van der Waals surface area (Å²) in [5, 5.41) is 25.5. The molecule has 0 aliphatic heterocycles. The molecule has 0 amide bonds. The molecule has 0 saturated heterocycles. The minimum absolute atomic E-state index is 0.120. The van der Waals surface area contributed by atoms with Crippen LogP contribution in [-0.2, 0) is 0 Å². The number of anilines is 3. The molecule has 0 aliphatic carbocycles. The second-order valence-electron chi connectivity index (χ2n) is 9.18. The third-order valence-electron chi connectivity index (χ3n) is 6.45. The molecule has 0 spiro atoms. The van der Waals surface area contributed by atoms with Crippen LogP contribution in [-0.4, -0.2) is 25.0 Å². The Bertz CT molecular complexity index is 1960. The molecule has 206 valence electrons. The van der Waals surface area contributed by atoms with Gasteiger partial charge >= 0.3 is 0 Å². The predicted octanol–water partition coefficient (Wildman–Crippen LogP) is 7.10. The maximum Gasteiger partial charge on any atom is 0.249 e. The summed E-state index contributed by atoms with van der Waals surface area (Å²) in [5.41, 5.74) is 3.43. The van der Waals surface area contributed by atoms with E-state index in [-0.39, 0.29) is 16.9 Å². The Morgan fingerprint density at radius 3 is 2.45 bits per heavy atom. The van der Waals surface area contributed by atoms with Crippen LogP contribution in [0.5, 0.6) is 0 Å². The second kappa shape index (κ2) is 11.2. The molecule has 6 aromatic rings. The van der Waals surface area contributed by atoms with Crippen LogP contribution in [0.2, 0.25) is 5.02 Å². The molecule has 12 heteroatoms. The van der Waals surface area contributed by atoms with Gasteiger partial charge in [-0.15, -0.1) is 5.10 Å². The average molecular weight is 583 g/mol. The first-order chi connectivity index (χ1) is 20.4. The van der Waals surface area contributed by atoms with Crippen LogP contribution in [0.1, 0.15) is 22.9 Å². The maximum atomic E-state index is 13.9. The van der Waals surface area contributed by atoms with Gasteiger partial charge < -0.3 is 10.6 Å². The van der Waals surface area contributed by atoms with E-state index >= 15 is 0 Å². The lowest BCUT2D eigenvalue weighted by Gasteiger charge is -2.21. The fraction of sp³-hybridized carbons (Fsp3) is 0.0333. The number of pyridine rings is 2. The Morgan fingerprint density at radius 1 is 0.929 bits per heavy atom. The van der Waals surface area contributed by atoms with Crippen LogP contribution < -0.4 is 10.6 Å². The van der Waals surface area contributed by atoms with Gasteiger partial charge in [-0.3, -0.25) is 4.98 Å². The van der Waals surface area contributed by atoms with E-state index in [0.717, 1.165) is 18.0 Å². The smallest absolute Gasteiger partial charge is 0.249 e. The predicted molar refractivity (Wildman–Crippen MR) is 152 cm³/mol. The number of hydrogen-bond donors (Lipinski definition) is 2. The number of benzene rings is 3. The van der Waals surface area contributed by atoms with Gasteiger partial charge in [-0.1, -0.05) is 47.1 Å². The lowest BCUT2D eigenvalue weighted by Crippen LogP contribution is -2.14. The Balaban J connectivity index is 1.46. The number of fused-ring (bicyclic) bond motifs is 1. The third kappa shape index (κ3) is 5.31. The second-order valence-corrected chi connectivity index (χ2v) is 9.62. The third-order valence-corrected chi connectivity index (χ3v) is 6.67. The van der Waals surface area contributed by atoms with Crippen molar-refractivity contribution in [2.24, 2.45) is 0 Å². The van der Waals surface area contributed by atoms with Crippen molar-refractivity contribution < 1.29 is 13.2 Å². The number of halogens is 4. The van der Waals surface area contributed by atoms with Crippen LogP contribution in [0.3, 0.4) is 0 Å². The molecule has 8 nitrogen and oxygen atoms in total. The number of nitriles is 1. The number of nitrogens with one attached hydrogen (secondary N) is 2. The fourth-order valence-electron chi connectivity index (χ4n) is 4.49. The topological polar surface area (TPSA) is 104 Å². The zero-order valence-corrected chi connectivity index (χ0v) is 22.2. The fourth-order valence-corrected chi connectivity index (χ4v) is 4.70. The minimum Gasteiger partial charge on any atom is -0.371 e. The van der Waals surface area contributed by atoms with E-state index in [9.17, 15) is 18.4 Å². The highest BCUT2D eigenvalue weighted by Crippen LogP contribution is 2.37. The van der Waals surface area contributed by atoms with Crippen molar-refractivity contribution in [3.8, 4) is 11.8 Å². The van der Waals surface area contributed by atoms with Gasteiger partial charge in [0.15, 0.2) is 5.82 Å². The largest absolute Gasteiger partial charge is 0.371 e. The molecule has 0 saturated carbocycles. The molecule has 0 bridgehead atoms. The van der Waals surface area contributed by atoms with E-state index in [4.69, 9.17) is 11.6 Å². The molecule has 1 atom stereocenters. The van der Waals surface area contributed by atoms with Gasteiger partial charge in [0.05, 0.1) is 52.3 Å². The van der Waals surface area contributed by atoms with Crippen LogP contribution in [0.25, 0.3) is 16.6 Å². The van der Waals surface area contributed by atoms with Gasteiger partial charge in [-0.05, 0) is 42.0 Å². The normalized spacial score (nSPS) is 11.7. The van der Waals surface area contributed by atoms with Gasteiger partial charge in [-0.25, -0.2) is 18.4 Å². The molecule has 0 radical (unpaired) electrons. The van der Waals surface area contributed by atoms with Crippen LogP contribution in [0, 0.1) is 28.9 Å². The van der Waals surface area contributed by atoms with Gasteiger partial charge in [0.2, 0.25) is 5.95 Å².